The molecule has 1 fully saturated rings. The highest BCUT2D eigenvalue weighted by atomic mass is 35.5. The number of amides is 1. The summed E-state index contributed by atoms with van der Waals surface area (Å²) >= 11 is 5.62. The fraction of sp³-hybridized carbons (Fsp3) is 0.500. The van der Waals surface area contributed by atoms with Gasteiger partial charge in [0.15, 0.2) is 0 Å². The quantitative estimate of drug-likeness (QED) is 0.797. The highest BCUT2D eigenvalue weighted by Gasteiger charge is 2.30. The summed E-state index contributed by atoms with van der Waals surface area (Å²) in [6, 6.07) is 1.60. The van der Waals surface area contributed by atoms with Gasteiger partial charge in [0.1, 0.15) is 5.82 Å². The molecule has 0 aromatic carbocycles. The lowest BCUT2D eigenvalue weighted by Crippen LogP contribution is -2.28. The van der Waals surface area contributed by atoms with Gasteiger partial charge in [-0.2, -0.15) is 0 Å². The maximum absolute atomic E-state index is 11.8. The van der Waals surface area contributed by atoms with Gasteiger partial charge in [-0.05, 0) is 31.0 Å². The lowest BCUT2D eigenvalue weighted by Gasteiger charge is -2.13. The van der Waals surface area contributed by atoms with E-state index in [-0.39, 0.29) is 23.2 Å². The summed E-state index contributed by atoms with van der Waals surface area (Å²) in [5, 5.41) is 2.82. The second kappa shape index (κ2) is 4.76. The lowest BCUT2D eigenvalue weighted by atomic mass is 10.0. The molecule has 1 N–H and O–H groups in total. The molecule has 16 heavy (non-hydrogen) atoms. The van der Waals surface area contributed by atoms with E-state index in [2.05, 4.69) is 15.3 Å². The fourth-order valence-electron chi connectivity index (χ4n) is 1.70. The minimum Gasteiger partial charge on any atom is -0.378 e. The minimum atomic E-state index is -0.117. The predicted octanol–water partition coefficient (Wildman–Crippen LogP) is 1.49. The van der Waals surface area contributed by atoms with E-state index in [1.54, 1.807) is 6.07 Å². The van der Waals surface area contributed by atoms with E-state index < -0.39 is 0 Å². The molecule has 86 valence electrons. The molecule has 1 aromatic heterocycles. The first-order valence-corrected chi connectivity index (χ1v) is 5.45. The summed E-state index contributed by atoms with van der Waals surface area (Å²) in [6.07, 6.45) is 2.20. The molecule has 2 rings (SSSR count). The Bertz CT molecular complexity index is 399. The van der Waals surface area contributed by atoms with Crippen LogP contribution in [0, 0.1) is 5.92 Å². The minimum absolute atomic E-state index is 0.0442. The normalized spacial score (nSPS) is 24.4. The molecule has 1 saturated heterocycles. The number of anilines is 1. The molecular weight excluding hydrogens is 230 g/mol. The fourth-order valence-corrected chi connectivity index (χ4v) is 1.85. The number of hydrogen-bond donors (Lipinski definition) is 1. The van der Waals surface area contributed by atoms with Crippen LogP contribution < -0.4 is 5.32 Å². The molecule has 6 heteroatoms. The number of rotatable bonds is 2. The highest BCUT2D eigenvalue weighted by molar-refractivity contribution is 6.28. The van der Waals surface area contributed by atoms with Crippen LogP contribution in [-0.2, 0) is 9.53 Å². The number of carbonyl (C=O) groups excluding carboxylic acids is 1. The third-order valence-electron chi connectivity index (χ3n) is 2.59. The topological polar surface area (TPSA) is 64.1 Å². The summed E-state index contributed by atoms with van der Waals surface area (Å²) < 4.78 is 5.33. The Labute approximate surface area is 98.2 Å². The van der Waals surface area contributed by atoms with Crippen LogP contribution in [0.4, 0.5) is 5.82 Å². The van der Waals surface area contributed by atoms with Crippen molar-refractivity contribution in [1.82, 2.24) is 9.97 Å². The molecule has 1 aliphatic heterocycles. The number of nitrogens with zero attached hydrogens (tertiary/aromatic N) is 2. The van der Waals surface area contributed by atoms with Crippen molar-refractivity contribution in [2.45, 2.75) is 19.4 Å². The second-order valence-corrected chi connectivity index (χ2v) is 4.01. The van der Waals surface area contributed by atoms with Crippen molar-refractivity contribution >= 4 is 23.3 Å². The van der Waals surface area contributed by atoms with Crippen LogP contribution in [0.2, 0.25) is 5.28 Å². The van der Waals surface area contributed by atoms with Gasteiger partial charge >= 0.3 is 0 Å². The third kappa shape index (κ3) is 2.48. The lowest BCUT2D eigenvalue weighted by molar-refractivity contribution is -0.121. The van der Waals surface area contributed by atoms with E-state index in [9.17, 15) is 4.79 Å². The average molecular weight is 242 g/mol. The Morgan fingerprint density at radius 1 is 1.69 bits per heavy atom. The third-order valence-corrected chi connectivity index (χ3v) is 2.77. The molecule has 1 aliphatic rings. The number of hydrogen-bond acceptors (Lipinski definition) is 4. The zero-order valence-corrected chi connectivity index (χ0v) is 9.57. The van der Waals surface area contributed by atoms with E-state index in [1.807, 2.05) is 6.92 Å². The van der Waals surface area contributed by atoms with E-state index in [0.29, 0.717) is 12.4 Å². The van der Waals surface area contributed by atoms with Gasteiger partial charge in [-0.3, -0.25) is 4.79 Å². The molecule has 1 aromatic rings. The first-order chi connectivity index (χ1) is 7.66. The van der Waals surface area contributed by atoms with Crippen molar-refractivity contribution in [2.24, 2.45) is 5.92 Å². The Morgan fingerprint density at radius 3 is 3.12 bits per heavy atom. The standard InChI is InChI=1S/C10H12ClN3O2/c1-6-7(3-5-16-6)9(15)13-8-2-4-12-10(11)14-8/h2,4,6-7H,3,5H2,1H3,(H,12,13,14,15). The van der Waals surface area contributed by atoms with Crippen LogP contribution in [0.5, 0.6) is 0 Å². The van der Waals surface area contributed by atoms with Gasteiger partial charge in [-0.25, -0.2) is 9.97 Å². The van der Waals surface area contributed by atoms with Crippen LogP contribution in [0.25, 0.3) is 0 Å². The summed E-state index contributed by atoms with van der Waals surface area (Å²) in [4.78, 5) is 19.5. The van der Waals surface area contributed by atoms with Crippen molar-refractivity contribution in [1.29, 1.82) is 0 Å². The summed E-state index contributed by atoms with van der Waals surface area (Å²) in [6.45, 7) is 2.52. The van der Waals surface area contributed by atoms with E-state index >= 15 is 0 Å². The molecule has 0 aliphatic carbocycles. The average Bonchev–Trinajstić information content (AvgIpc) is 2.64. The van der Waals surface area contributed by atoms with Gasteiger partial charge in [0.25, 0.3) is 0 Å². The zero-order valence-electron chi connectivity index (χ0n) is 8.81. The van der Waals surface area contributed by atoms with Crippen molar-refractivity contribution in [3.63, 3.8) is 0 Å². The maximum Gasteiger partial charge on any atom is 0.231 e. The van der Waals surface area contributed by atoms with Crippen molar-refractivity contribution in [3.8, 4) is 0 Å². The highest BCUT2D eigenvalue weighted by Crippen LogP contribution is 2.21. The summed E-state index contributed by atoms with van der Waals surface area (Å²) in [5.41, 5.74) is 0. The molecule has 0 bridgehead atoms. The number of ether oxygens (including phenoxy) is 1. The Kier molecular flexibility index (Phi) is 3.36. The van der Waals surface area contributed by atoms with Gasteiger partial charge in [0, 0.05) is 12.8 Å². The summed E-state index contributed by atoms with van der Waals surface area (Å²) in [5.74, 6) is 0.220. The first kappa shape index (κ1) is 11.3. The molecule has 0 radical (unpaired) electrons. The van der Waals surface area contributed by atoms with E-state index in [0.717, 1.165) is 6.42 Å². The molecule has 1 amide bonds. The van der Waals surface area contributed by atoms with Crippen LogP contribution in [0.15, 0.2) is 12.3 Å². The summed E-state index contributed by atoms with van der Waals surface area (Å²) in [7, 11) is 0. The van der Waals surface area contributed by atoms with Crippen LogP contribution in [0.3, 0.4) is 0 Å². The smallest absolute Gasteiger partial charge is 0.231 e. The Morgan fingerprint density at radius 2 is 2.50 bits per heavy atom. The Hall–Kier alpha value is -1.20. The van der Waals surface area contributed by atoms with Crippen molar-refractivity contribution in [3.05, 3.63) is 17.5 Å². The number of halogens is 1. The molecule has 0 spiro atoms. The van der Waals surface area contributed by atoms with Gasteiger partial charge < -0.3 is 10.1 Å². The molecule has 2 heterocycles. The SMILES string of the molecule is CC1OCCC1C(=O)Nc1ccnc(Cl)n1. The van der Waals surface area contributed by atoms with Crippen molar-refractivity contribution in [2.75, 3.05) is 11.9 Å². The molecule has 0 saturated carbocycles. The van der Waals surface area contributed by atoms with Gasteiger partial charge in [-0.15, -0.1) is 0 Å². The van der Waals surface area contributed by atoms with Gasteiger partial charge in [0.05, 0.1) is 12.0 Å². The maximum atomic E-state index is 11.8. The zero-order chi connectivity index (χ0) is 11.5. The monoisotopic (exact) mass is 241 g/mol. The van der Waals surface area contributed by atoms with E-state index in [4.69, 9.17) is 16.3 Å². The number of aromatic nitrogens is 2. The first-order valence-electron chi connectivity index (χ1n) is 5.08. The van der Waals surface area contributed by atoms with Crippen LogP contribution in [0.1, 0.15) is 13.3 Å². The Balaban J connectivity index is 2.02. The number of carbonyl (C=O) groups is 1. The van der Waals surface area contributed by atoms with Gasteiger partial charge in [-0.1, -0.05) is 0 Å². The number of nitrogens with one attached hydrogen (secondary N) is 1. The predicted molar refractivity (Wildman–Crippen MR) is 59.2 cm³/mol. The second-order valence-electron chi connectivity index (χ2n) is 3.67. The van der Waals surface area contributed by atoms with Crippen LogP contribution in [-0.4, -0.2) is 28.6 Å². The van der Waals surface area contributed by atoms with Gasteiger partial charge in [0.2, 0.25) is 11.2 Å². The molecule has 5 nitrogen and oxygen atoms in total. The van der Waals surface area contributed by atoms with Crippen LogP contribution >= 0.6 is 11.6 Å². The van der Waals surface area contributed by atoms with Crippen molar-refractivity contribution < 1.29 is 9.53 Å². The molecule has 2 unspecified atom stereocenters. The van der Waals surface area contributed by atoms with E-state index in [1.165, 1.54) is 6.20 Å². The largest absolute Gasteiger partial charge is 0.378 e. The molecular formula is C10H12ClN3O2. The molecule has 2 atom stereocenters.